The van der Waals surface area contributed by atoms with Crippen molar-refractivity contribution in [3.8, 4) is 0 Å². The van der Waals surface area contributed by atoms with E-state index in [1.807, 2.05) is 24.3 Å². The van der Waals surface area contributed by atoms with Crippen molar-refractivity contribution in [3.05, 3.63) is 46.6 Å². The van der Waals surface area contributed by atoms with Crippen molar-refractivity contribution in [2.24, 2.45) is 5.10 Å². The fourth-order valence-corrected chi connectivity index (χ4v) is 2.52. The average molecular weight is 304 g/mol. The first kappa shape index (κ1) is 12.8. The van der Waals surface area contributed by atoms with Crippen LogP contribution in [0.25, 0.3) is 10.8 Å². The quantitative estimate of drug-likeness (QED) is 0.442. The topological polar surface area (TPSA) is 76.2 Å². The molecule has 0 aliphatic rings. The molecule has 3 aromatic rings. The van der Waals surface area contributed by atoms with Gasteiger partial charge in [0.05, 0.1) is 6.21 Å². The van der Waals surface area contributed by atoms with Gasteiger partial charge in [0, 0.05) is 17.0 Å². The zero-order chi connectivity index (χ0) is 13.9. The highest BCUT2D eigenvalue weighted by atomic mass is 35.5. The van der Waals surface area contributed by atoms with Gasteiger partial charge in [-0.1, -0.05) is 23.7 Å². The number of nitrogens with one attached hydrogen (secondary N) is 1. The molecule has 0 amide bonds. The summed E-state index contributed by atoms with van der Waals surface area (Å²) in [4.78, 5) is 8.09. The number of hydrazone groups is 1. The minimum Gasteiger partial charge on any atom is -0.383 e. The van der Waals surface area contributed by atoms with E-state index >= 15 is 0 Å². The van der Waals surface area contributed by atoms with Crippen molar-refractivity contribution in [2.75, 3.05) is 11.2 Å². The Bertz CT molecular complexity index is 783. The van der Waals surface area contributed by atoms with Crippen LogP contribution >= 0.6 is 22.9 Å². The summed E-state index contributed by atoms with van der Waals surface area (Å²) < 4.78 is 0. The highest BCUT2D eigenvalue weighted by Crippen LogP contribution is 2.21. The molecule has 7 heteroatoms. The van der Waals surface area contributed by atoms with Crippen molar-refractivity contribution in [3.63, 3.8) is 0 Å². The number of aromatic nitrogens is 2. The molecule has 1 aromatic carbocycles. The number of rotatable bonds is 3. The molecule has 3 N–H and O–H groups in total. The first-order valence-corrected chi connectivity index (χ1v) is 7.02. The molecule has 0 aliphatic carbocycles. The highest BCUT2D eigenvalue weighted by molar-refractivity contribution is 7.14. The Hall–Kier alpha value is -2.18. The van der Waals surface area contributed by atoms with Crippen LogP contribution < -0.4 is 11.2 Å². The third-order valence-electron chi connectivity index (χ3n) is 2.64. The van der Waals surface area contributed by atoms with Crippen LogP contribution in [0.5, 0.6) is 0 Å². The largest absolute Gasteiger partial charge is 0.383 e. The van der Waals surface area contributed by atoms with Crippen LogP contribution in [-0.2, 0) is 0 Å². The van der Waals surface area contributed by atoms with Crippen LogP contribution in [-0.4, -0.2) is 16.2 Å². The molecule has 0 unspecified atom stereocenters. The summed E-state index contributed by atoms with van der Waals surface area (Å²) in [6.07, 6.45) is 3.40. The van der Waals surface area contributed by atoms with Crippen LogP contribution in [0.15, 0.2) is 40.9 Å². The molecule has 2 heterocycles. The number of nitrogens with zero attached hydrogens (tertiary/aromatic N) is 3. The summed E-state index contributed by atoms with van der Waals surface area (Å²) in [5.74, 6) is 0.487. The van der Waals surface area contributed by atoms with Crippen molar-refractivity contribution >= 4 is 50.9 Å². The molecule has 20 heavy (non-hydrogen) atoms. The normalized spacial score (nSPS) is 11.2. The Morgan fingerprint density at radius 2 is 2.25 bits per heavy atom. The minimum atomic E-state index is 0.487. The van der Waals surface area contributed by atoms with Gasteiger partial charge in [-0.2, -0.15) is 5.10 Å². The monoisotopic (exact) mass is 303 g/mol. The van der Waals surface area contributed by atoms with E-state index in [0.717, 1.165) is 16.3 Å². The smallest absolute Gasteiger partial charge is 0.205 e. The van der Waals surface area contributed by atoms with Gasteiger partial charge in [0.1, 0.15) is 11.0 Å². The molecule has 0 saturated heterocycles. The van der Waals surface area contributed by atoms with Crippen molar-refractivity contribution in [1.82, 2.24) is 9.97 Å². The minimum absolute atomic E-state index is 0.487. The lowest BCUT2D eigenvalue weighted by molar-refractivity contribution is 1.29. The highest BCUT2D eigenvalue weighted by Gasteiger charge is 2.00. The third-order valence-corrected chi connectivity index (χ3v) is 3.70. The molecule has 100 valence electrons. The average Bonchev–Trinajstić information content (AvgIpc) is 2.85. The molecule has 2 aromatic heterocycles. The number of hydrogen-bond donors (Lipinski definition) is 2. The number of benzene rings is 1. The van der Waals surface area contributed by atoms with Crippen LogP contribution in [0, 0.1) is 0 Å². The zero-order valence-corrected chi connectivity index (χ0v) is 11.8. The number of nitrogen functional groups attached to an aromatic ring is 1. The Labute approximate surface area is 124 Å². The Balaban J connectivity index is 1.80. The summed E-state index contributed by atoms with van der Waals surface area (Å²) in [7, 11) is 0. The molecule has 0 spiro atoms. The predicted molar refractivity (Wildman–Crippen MR) is 84.5 cm³/mol. The van der Waals surface area contributed by atoms with E-state index in [1.165, 1.54) is 11.3 Å². The van der Waals surface area contributed by atoms with E-state index in [9.17, 15) is 0 Å². The van der Waals surface area contributed by atoms with E-state index in [1.54, 1.807) is 17.8 Å². The second-order valence-electron chi connectivity index (χ2n) is 4.03. The van der Waals surface area contributed by atoms with E-state index in [4.69, 9.17) is 17.3 Å². The van der Waals surface area contributed by atoms with Crippen LogP contribution in [0.3, 0.4) is 0 Å². The molecular formula is C13H10ClN5S. The SMILES string of the molecule is Nc1csc(NN=Cc2ccc3c(Cl)nccc3c2)n1. The Morgan fingerprint density at radius 1 is 1.35 bits per heavy atom. The molecule has 0 radical (unpaired) electrons. The number of anilines is 2. The second-order valence-corrected chi connectivity index (χ2v) is 5.25. The third kappa shape index (κ3) is 2.71. The van der Waals surface area contributed by atoms with Crippen LogP contribution in [0.2, 0.25) is 5.15 Å². The summed E-state index contributed by atoms with van der Waals surface area (Å²) >= 11 is 7.42. The first-order chi connectivity index (χ1) is 9.72. The lowest BCUT2D eigenvalue weighted by Gasteiger charge is -2.00. The molecule has 0 saturated carbocycles. The van der Waals surface area contributed by atoms with Gasteiger partial charge in [-0.15, -0.1) is 11.3 Å². The summed E-state index contributed by atoms with van der Waals surface area (Å²) in [6, 6.07) is 7.75. The predicted octanol–water partition coefficient (Wildman–Crippen LogP) is 3.37. The van der Waals surface area contributed by atoms with E-state index in [0.29, 0.717) is 16.1 Å². The molecule has 0 fully saturated rings. The zero-order valence-electron chi connectivity index (χ0n) is 10.2. The number of hydrogen-bond acceptors (Lipinski definition) is 6. The Morgan fingerprint density at radius 3 is 3.05 bits per heavy atom. The maximum Gasteiger partial charge on any atom is 0.205 e. The fraction of sp³-hybridized carbons (Fsp3) is 0. The molecular weight excluding hydrogens is 294 g/mol. The summed E-state index contributed by atoms with van der Waals surface area (Å²) in [6.45, 7) is 0. The van der Waals surface area contributed by atoms with Crippen LogP contribution in [0.1, 0.15) is 5.56 Å². The number of thiazole rings is 1. The van der Waals surface area contributed by atoms with Crippen molar-refractivity contribution in [1.29, 1.82) is 0 Å². The maximum atomic E-state index is 6.02. The molecule has 5 nitrogen and oxygen atoms in total. The molecule has 3 rings (SSSR count). The first-order valence-electron chi connectivity index (χ1n) is 5.77. The number of pyridine rings is 1. The summed E-state index contributed by atoms with van der Waals surface area (Å²) in [5.41, 5.74) is 9.31. The van der Waals surface area contributed by atoms with Crippen molar-refractivity contribution in [2.45, 2.75) is 0 Å². The molecule has 0 bridgehead atoms. The maximum absolute atomic E-state index is 6.02. The van der Waals surface area contributed by atoms with Gasteiger partial charge >= 0.3 is 0 Å². The lowest BCUT2D eigenvalue weighted by Crippen LogP contribution is -1.91. The number of fused-ring (bicyclic) bond motifs is 1. The van der Waals surface area contributed by atoms with E-state index in [-0.39, 0.29) is 0 Å². The number of nitrogens with two attached hydrogens (primary N) is 1. The van der Waals surface area contributed by atoms with Crippen molar-refractivity contribution < 1.29 is 0 Å². The van der Waals surface area contributed by atoms with E-state index in [2.05, 4.69) is 20.5 Å². The van der Waals surface area contributed by atoms with Gasteiger partial charge in [-0.05, 0) is 23.1 Å². The summed E-state index contributed by atoms with van der Waals surface area (Å²) in [5, 5.41) is 8.98. The van der Waals surface area contributed by atoms with Gasteiger partial charge in [0.2, 0.25) is 5.13 Å². The number of halogens is 1. The lowest BCUT2D eigenvalue weighted by atomic mass is 10.1. The van der Waals surface area contributed by atoms with Gasteiger partial charge < -0.3 is 5.73 Å². The van der Waals surface area contributed by atoms with Gasteiger partial charge in [0.15, 0.2) is 0 Å². The van der Waals surface area contributed by atoms with Crippen LogP contribution in [0.4, 0.5) is 10.9 Å². The fourth-order valence-electron chi connectivity index (χ4n) is 1.74. The molecule has 0 aliphatic heterocycles. The second kappa shape index (κ2) is 5.44. The molecule has 0 atom stereocenters. The van der Waals surface area contributed by atoms with Gasteiger partial charge in [0.25, 0.3) is 0 Å². The standard InChI is InChI=1S/C13H10ClN5S/c14-12-10-2-1-8(5-9(10)3-4-16-12)6-17-19-13-18-11(15)7-20-13/h1-7H,15H2,(H,18,19). The van der Waals surface area contributed by atoms with E-state index < -0.39 is 0 Å². The Kier molecular flexibility index (Phi) is 3.49. The van der Waals surface area contributed by atoms with Gasteiger partial charge in [-0.25, -0.2) is 9.97 Å². The van der Waals surface area contributed by atoms with Gasteiger partial charge in [-0.3, -0.25) is 5.43 Å².